The lowest BCUT2D eigenvalue weighted by Crippen LogP contribution is -1.81. The summed E-state index contributed by atoms with van der Waals surface area (Å²) in [6, 6.07) is 5.82. The molecule has 50 valence electrons. The molecule has 0 aliphatic rings. The van der Waals surface area contributed by atoms with E-state index in [1.165, 1.54) is 18.2 Å². The van der Waals surface area contributed by atoms with Crippen molar-refractivity contribution in [3.8, 4) is 6.07 Å². The molecular weight excluding hydrogens is 149 g/mol. The third kappa shape index (κ3) is 1.28. The Kier molecular flexibility index (Phi) is 1.93. The molecule has 0 aromatic heterocycles. The molecular formula is C7H4FNS. The molecule has 0 atom stereocenters. The third-order valence-corrected chi connectivity index (χ3v) is 1.35. The van der Waals surface area contributed by atoms with E-state index in [4.69, 9.17) is 5.26 Å². The molecule has 0 amide bonds. The Morgan fingerprint density at radius 3 is 2.70 bits per heavy atom. The summed E-state index contributed by atoms with van der Waals surface area (Å²) in [7, 11) is 0. The van der Waals surface area contributed by atoms with Gasteiger partial charge in [-0.1, -0.05) is 0 Å². The third-order valence-electron chi connectivity index (χ3n) is 1.07. The van der Waals surface area contributed by atoms with Gasteiger partial charge in [0.1, 0.15) is 11.9 Å². The van der Waals surface area contributed by atoms with Crippen LogP contribution in [0.3, 0.4) is 0 Å². The van der Waals surface area contributed by atoms with E-state index in [2.05, 4.69) is 12.6 Å². The standard InChI is InChI=1S/C7H4FNS/c8-7-2-1-6(10)3-5(7)4-9/h1-3,10H. The fourth-order valence-corrected chi connectivity index (χ4v) is 0.803. The van der Waals surface area contributed by atoms with Crippen LogP contribution in [-0.4, -0.2) is 0 Å². The summed E-state index contributed by atoms with van der Waals surface area (Å²) in [5, 5.41) is 8.32. The van der Waals surface area contributed by atoms with Crippen LogP contribution in [0, 0.1) is 17.1 Å². The minimum atomic E-state index is -0.500. The molecule has 1 nitrogen and oxygen atoms in total. The molecule has 10 heavy (non-hydrogen) atoms. The van der Waals surface area contributed by atoms with Crippen molar-refractivity contribution in [3.63, 3.8) is 0 Å². The number of rotatable bonds is 0. The Labute approximate surface area is 63.5 Å². The second-order valence-electron chi connectivity index (χ2n) is 1.78. The average Bonchev–Trinajstić information content (AvgIpc) is 1.94. The second kappa shape index (κ2) is 2.72. The normalized spacial score (nSPS) is 8.90. The van der Waals surface area contributed by atoms with Crippen LogP contribution in [-0.2, 0) is 0 Å². The Hall–Kier alpha value is -1.01. The zero-order valence-electron chi connectivity index (χ0n) is 5.00. The van der Waals surface area contributed by atoms with Crippen molar-refractivity contribution < 1.29 is 4.39 Å². The van der Waals surface area contributed by atoms with E-state index in [-0.39, 0.29) is 5.56 Å². The van der Waals surface area contributed by atoms with Gasteiger partial charge in [-0.2, -0.15) is 5.26 Å². The number of thiol groups is 1. The molecule has 0 fully saturated rings. The Morgan fingerprint density at radius 2 is 2.20 bits per heavy atom. The summed E-state index contributed by atoms with van der Waals surface area (Å²) < 4.78 is 12.5. The quantitative estimate of drug-likeness (QED) is 0.566. The van der Waals surface area contributed by atoms with Crippen molar-refractivity contribution >= 4 is 12.6 Å². The summed E-state index contributed by atoms with van der Waals surface area (Å²) in [5.41, 5.74) is 0.0347. The van der Waals surface area contributed by atoms with Crippen molar-refractivity contribution in [2.75, 3.05) is 0 Å². The molecule has 1 aromatic rings. The first-order valence-electron chi connectivity index (χ1n) is 2.62. The number of hydrogen-bond acceptors (Lipinski definition) is 2. The minimum Gasteiger partial charge on any atom is -0.206 e. The van der Waals surface area contributed by atoms with Gasteiger partial charge in [0.05, 0.1) is 5.56 Å². The van der Waals surface area contributed by atoms with Crippen molar-refractivity contribution in [3.05, 3.63) is 29.6 Å². The maximum atomic E-state index is 12.5. The van der Waals surface area contributed by atoms with Crippen LogP contribution in [0.4, 0.5) is 4.39 Å². The van der Waals surface area contributed by atoms with E-state index in [1.54, 1.807) is 6.07 Å². The lowest BCUT2D eigenvalue weighted by atomic mass is 10.2. The molecule has 1 rings (SSSR count). The molecule has 0 saturated carbocycles. The van der Waals surface area contributed by atoms with E-state index in [1.807, 2.05) is 0 Å². The summed E-state index contributed by atoms with van der Waals surface area (Å²) in [6.07, 6.45) is 0. The van der Waals surface area contributed by atoms with E-state index in [0.29, 0.717) is 4.90 Å². The van der Waals surface area contributed by atoms with Crippen molar-refractivity contribution in [1.29, 1.82) is 5.26 Å². The van der Waals surface area contributed by atoms with Crippen LogP contribution in [0.25, 0.3) is 0 Å². The molecule has 0 unspecified atom stereocenters. The number of nitriles is 1. The maximum Gasteiger partial charge on any atom is 0.141 e. The first-order valence-corrected chi connectivity index (χ1v) is 3.07. The van der Waals surface area contributed by atoms with Crippen LogP contribution in [0.5, 0.6) is 0 Å². The molecule has 0 spiro atoms. The topological polar surface area (TPSA) is 23.8 Å². The average molecular weight is 153 g/mol. The minimum absolute atomic E-state index is 0.0347. The summed E-state index contributed by atoms with van der Waals surface area (Å²) in [4.78, 5) is 0.595. The Bertz CT molecular complexity index is 290. The first-order chi connectivity index (χ1) is 4.74. The highest BCUT2D eigenvalue weighted by Crippen LogP contribution is 2.11. The van der Waals surface area contributed by atoms with Crippen LogP contribution >= 0.6 is 12.6 Å². The van der Waals surface area contributed by atoms with Crippen LogP contribution in [0.2, 0.25) is 0 Å². The zero-order chi connectivity index (χ0) is 7.56. The first kappa shape index (κ1) is 7.10. The predicted octanol–water partition coefficient (Wildman–Crippen LogP) is 1.99. The van der Waals surface area contributed by atoms with Crippen molar-refractivity contribution in [2.45, 2.75) is 4.90 Å². The fourth-order valence-electron chi connectivity index (χ4n) is 0.599. The van der Waals surface area contributed by atoms with E-state index >= 15 is 0 Å². The van der Waals surface area contributed by atoms with Gasteiger partial charge in [0, 0.05) is 4.90 Å². The molecule has 0 radical (unpaired) electrons. The molecule has 0 saturated heterocycles. The van der Waals surface area contributed by atoms with Crippen molar-refractivity contribution in [1.82, 2.24) is 0 Å². The molecule has 3 heteroatoms. The van der Waals surface area contributed by atoms with Crippen LogP contribution in [0.1, 0.15) is 5.56 Å². The molecule has 0 heterocycles. The van der Waals surface area contributed by atoms with Gasteiger partial charge in [0.25, 0.3) is 0 Å². The van der Waals surface area contributed by atoms with Gasteiger partial charge in [-0.15, -0.1) is 12.6 Å². The number of nitrogens with zero attached hydrogens (tertiary/aromatic N) is 1. The summed E-state index contributed by atoms with van der Waals surface area (Å²) in [6.45, 7) is 0. The number of hydrogen-bond donors (Lipinski definition) is 1. The van der Waals surface area contributed by atoms with Crippen LogP contribution in [0.15, 0.2) is 23.1 Å². The van der Waals surface area contributed by atoms with Gasteiger partial charge >= 0.3 is 0 Å². The molecule has 1 aromatic carbocycles. The lowest BCUT2D eigenvalue weighted by Gasteiger charge is -1.92. The second-order valence-corrected chi connectivity index (χ2v) is 2.29. The smallest absolute Gasteiger partial charge is 0.141 e. The van der Waals surface area contributed by atoms with Gasteiger partial charge in [0.15, 0.2) is 0 Å². The lowest BCUT2D eigenvalue weighted by molar-refractivity contribution is 0.622. The van der Waals surface area contributed by atoms with Gasteiger partial charge in [0.2, 0.25) is 0 Å². The highest BCUT2D eigenvalue weighted by molar-refractivity contribution is 7.80. The Balaban J connectivity index is 3.25. The summed E-state index contributed by atoms with van der Waals surface area (Å²) in [5.74, 6) is -0.500. The highest BCUT2D eigenvalue weighted by Gasteiger charge is 1.98. The number of halogens is 1. The highest BCUT2D eigenvalue weighted by atomic mass is 32.1. The molecule has 0 N–H and O–H groups in total. The van der Waals surface area contributed by atoms with E-state index in [0.717, 1.165) is 0 Å². The SMILES string of the molecule is N#Cc1cc(S)ccc1F. The summed E-state index contributed by atoms with van der Waals surface area (Å²) >= 11 is 3.94. The van der Waals surface area contributed by atoms with Gasteiger partial charge < -0.3 is 0 Å². The van der Waals surface area contributed by atoms with E-state index < -0.39 is 5.82 Å². The zero-order valence-corrected chi connectivity index (χ0v) is 5.90. The molecule has 0 aliphatic heterocycles. The number of benzene rings is 1. The molecule has 0 aliphatic carbocycles. The Morgan fingerprint density at radius 1 is 1.50 bits per heavy atom. The predicted molar refractivity (Wildman–Crippen MR) is 38.4 cm³/mol. The van der Waals surface area contributed by atoms with Crippen molar-refractivity contribution in [2.24, 2.45) is 0 Å². The maximum absolute atomic E-state index is 12.5. The largest absolute Gasteiger partial charge is 0.206 e. The van der Waals surface area contributed by atoms with Gasteiger partial charge in [-0.3, -0.25) is 0 Å². The van der Waals surface area contributed by atoms with Gasteiger partial charge in [-0.25, -0.2) is 4.39 Å². The van der Waals surface area contributed by atoms with Crippen LogP contribution < -0.4 is 0 Å². The monoisotopic (exact) mass is 153 g/mol. The van der Waals surface area contributed by atoms with E-state index in [9.17, 15) is 4.39 Å². The fraction of sp³-hybridized carbons (Fsp3) is 0. The van der Waals surface area contributed by atoms with Gasteiger partial charge in [-0.05, 0) is 18.2 Å². The molecule has 0 bridgehead atoms.